The highest BCUT2D eigenvalue weighted by atomic mass is 16.4. The van der Waals surface area contributed by atoms with E-state index >= 15 is 0 Å². The second-order valence-electron chi connectivity index (χ2n) is 3.94. The number of nitrogens with two attached hydrogens (primary N) is 1. The maximum absolute atomic E-state index is 10.8. The fourth-order valence-corrected chi connectivity index (χ4v) is 2.59. The molecule has 0 aliphatic heterocycles. The van der Waals surface area contributed by atoms with Crippen LogP contribution in [0.1, 0.15) is 12.8 Å². The van der Waals surface area contributed by atoms with Crippen molar-refractivity contribution in [3.05, 3.63) is 0 Å². The zero-order valence-electron chi connectivity index (χ0n) is 6.93. The molecule has 5 nitrogen and oxygen atoms in total. The third-order valence-corrected chi connectivity index (χ3v) is 3.34. The Morgan fingerprint density at radius 2 is 2.00 bits per heavy atom. The first-order chi connectivity index (χ1) is 5.98. The quantitative estimate of drug-likeness (QED) is 0.539. The van der Waals surface area contributed by atoms with E-state index in [1.807, 2.05) is 0 Å². The third-order valence-electron chi connectivity index (χ3n) is 3.34. The summed E-state index contributed by atoms with van der Waals surface area (Å²) in [7, 11) is 0. The van der Waals surface area contributed by atoms with E-state index in [-0.39, 0.29) is 11.8 Å². The van der Waals surface area contributed by atoms with Gasteiger partial charge in [0.1, 0.15) is 5.54 Å². The second-order valence-corrected chi connectivity index (χ2v) is 3.94. The summed E-state index contributed by atoms with van der Waals surface area (Å²) in [6.07, 6.45) is 1.03. The largest absolute Gasteiger partial charge is 0.481 e. The lowest BCUT2D eigenvalue weighted by atomic mass is 9.92. The molecule has 2 rings (SSSR count). The first-order valence-corrected chi connectivity index (χ1v) is 4.23. The number of aliphatic carboxylic acids is 2. The van der Waals surface area contributed by atoms with Crippen molar-refractivity contribution >= 4 is 11.9 Å². The summed E-state index contributed by atoms with van der Waals surface area (Å²) in [4.78, 5) is 21.4. The van der Waals surface area contributed by atoms with Crippen LogP contribution < -0.4 is 5.73 Å². The lowest BCUT2D eigenvalue weighted by molar-refractivity contribution is -0.145. The average Bonchev–Trinajstić information content (AvgIpc) is 2.66. The SMILES string of the molecule is N[C@@]1(C(=O)O)CC[C@@H]2[C@H](C(=O)O)[C@H]21. The van der Waals surface area contributed by atoms with Crippen LogP contribution in [-0.4, -0.2) is 27.7 Å². The van der Waals surface area contributed by atoms with Crippen molar-refractivity contribution in [3.8, 4) is 0 Å². The van der Waals surface area contributed by atoms with Crippen molar-refractivity contribution < 1.29 is 19.8 Å². The number of hydrogen-bond donors (Lipinski definition) is 3. The molecule has 13 heavy (non-hydrogen) atoms. The Bertz CT molecular complexity index is 290. The van der Waals surface area contributed by atoms with E-state index in [1.54, 1.807) is 0 Å². The third kappa shape index (κ3) is 0.904. The highest BCUT2D eigenvalue weighted by Crippen LogP contribution is 2.61. The Morgan fingerprint density at radius 3 is 2.38 bits per heavy atom. The van der Waals surface area contributed by atoms with Crippen molar-refractivity contribution in [2.24, 2.45) is 23.5 Å². The molecule has 5 heteroatoms. The fourth-order valence-electron chi connectivity index (χ4n) is 2.59. The highest BCUT2D eigenvalue weighted by Gasteiger charge is 2.69. The van der Waals surface area contributed by atoms with Crippen molar-refractivity contribution in [3.63, 3.8) is 0 Å². The number of carboxylic acids is 2. The van der Waals surface area contributed by atoms with Gasteiger partial charge < -0.3 is 15.9 Å². The molecule has 0 heterocycles. The molecule has 0 aromatic rings. The van der Waals surface area contributed by atoms with Gasteiger partial charge in [-0.3, -0.25) is 9.59 Å². The monoisotopic (exact) mass is 185 g/mol. The van der Waals surface area contributed by atoms with Crippen molar-refractivity contribution in [2.75, 3.05) is 0 Å². The molecule has 0 amide bonds. The zero-order valence-corrected chi connectivity index (χ0v) is 6.93. The minimum absolute atomic E-state index is 0.00130. The van der Waals surface area contributed by atoms with E-state index in [2.05, 4.69) is 0 Å². The number of carboxylic acid groups (broad SMARTS) is 2. The molecule has 0 aromatic heterocycles. The van der Waals surface area contributed by atoms with E-state index in [1.165, 1.54) is 0 Å². The van der Waals surface area contributed by atoms with Crippen molar-refractivity contribution in [1.82, 2.24) is 0 Å². The van der Waals surface area contributed by atoms with E-state index in [9.17, 15) is 9.59 Å². The summed E-state index contributed by atoms with van der Waals surface area (Å²) < 4.78 is 0. The van der Waals surface area contributed by atoms with Gasteiger partial charge in [-0.25, -0.2) is 0 Å². The van der Waals surface area contributed by atoms with Gasteiger partial charge in [-0.15, -0.1) is 0 Å². The molecule has 2 fully saturated rings. The Kier molecular flexibility index (Phi) is 1.46. The van der Waals surface area contributed by atoms with Crippen molar-refractivity contribution in [1.29, 1.82) is 0 Å². The molecule has 4 atom stereocenters. The standard InChI is InChI=1S/C8H11NO4/c9-8(7(12)13)2-1-3-4(5(3)8)6(10)11/h3-5H,1-2,9H2,(H,10,11)(H,12,13)/t3-,4+,5+,8+/m1/s1. The Hall–Kier alpha value is -1.10. The maximum Gasteiger partial charge on any atom is 0.324 e. The van der Waals surface area contributed by atoms with E-state index in [4.69, 9.17) is 15.9 Å². The van der Waals surface area contributed by atoms with Gasteiger partial charge in [-0.1, -0.05) is 0 Å². The predicted molar refractivity (Wildman–Crippen MR) is 41.9 cm³/mol. The molecule has 2 aliphatic carbocycles. The number of rotatable bonds is 2. The molecular weight excluding hydrogens is 174 g/mol. The topological polar surface area (TPSA) is 101 Å². The van der Waals surface area contributed by atoms with Gasteiger partial charge in [-0.05, 0) is 18.8 Å². The van der Waals surface area contributed by atoms with Gasteiger partial charge in [0.15, 0.2) is 0 Å². The molecule has 0 bridgehead atoms. The molecule has 2 aliphatic rings. The predicted octanol–water partition coefficient (Wildman–Crippen LogP) is -0.491. The molecule has 0 saturated heterocycles. The minimum atomic E-state index is -1.28. The molecule has 0 spiro atoms. The van der Waals surface area contributed by atoms with Crippen LogP contribution >= 0.6 is 0 Å². The second kappa shape index (κ2) is 2.23. The van der Waals surface area contributed by atoms with Gasteiger partial charge in [0.2, 0.25) is 0 Å². The first-order valence-electron chi connectivity index (χ1n) is 4.23. The van der Waals surface area contributed by atoms with Crippen molar-refractivity contribution in [2.45, 2.75) is 18.4 Å². The van der Waals surface area contributed by atoms with E-state index in [0.717, 1.165) is 0 Å². The van der Waals surface area contributed by atoms with Crippen LogP contribution in [0.3, 0.4) is 0 Å². The van der Waals surface area contributed by atoms with Gasteiger partial charge in [-0.2, -0.15) is 0 Å². The van der Waals surface area contributed by atoms with Crippen LogP contribution in [0, 0.1) is 17.8 Å². The van der Waals surface area contributed by atoms with Crippen LogP contribution in [0.4, 0.5) is 0 Å². The van der Waals surface area contributed by atoms with Gasteiger partial charge >= 0.3 is 11.9 Å². The summed E-state index contributed by atoms with van der Waals surface area (Å²) in [5, 5.41) is 17.6. The summed E-state index contributed by atoms with van der Waals surface area (Å²) in [5.74, 6) is -2.84. The molecule has 2 saturated carbocycles. The number of fused-ring (bicyclic) bond motifs is 1. The van der Waals surface area contributed by atoms with Crippen LogP contribution in [0.2, 0.25) is 0 Å². The molecule has 0 aromatic carbocycles. The molecule has 0 unspecified atom stereocenters. The zero-order chi connectivity index (χ0) is 9.80. The minimum Gasteiger partial charge on any atom is -0.481 e. The molecule has 0 radical (unpaired) electrons. The number of hydrogen-bond acceptors (Lipinski definition) is 3. The Morgan fingerprint density at radius 1 is 1.38 bits per heavy atom. The Balaban J connectivity index is 2.20. The Labute approximate surface area is 74.5 Å². The van der Waals surface area contributed by atoms with Gasteiger partial charge in [0.05, 0.1) is 5.92 Å². The summed E-state index contributed by atoms with van der Waals surface area (Å²) in [6, 6.07) is 0. The van der Waals surface area contributed by atoms with Crippen LogP contribution in [0.5, 0.6) is 0 Å². The summed E-state index contributed by atoms with van der Waals surface area (Å²) in [6.45, 7) is 0. The lowest BCUT2D eigenvalue weighted by Crippen LogP contribution is -2.49. The van der Waals surface area contributed by atoms with Crippen LogP contribution in [-0.2, 0) is 9.59 Å². The first kappa shape index (κ1) is 8.50. The van der Waals surface area contributed by atoms with Gasteiger partial charge in [0.25, 0.3) is 0 Å². The van der Waals surface area contributed by atoms with E-state index < -0.39 is 23.4 Å². The molecular formula is C8H11NO4. The molecule has 72 valence electrons. The average molecular weight is 185 g/mol. The van der Waals surface area contributed by atoms with Gasteiger partial charge in [0, 0.05) is 5.92 Å². The summed E-state index contributed by atoms with van der Waals surface area (Å²) in [5.41, 5.74) is 4.37. The maximum atomic E-state index is 10.8. The fraction of sp³-hybridized carbons (Fsp3) is 0.750. The van der Waals surface area contributed by atoms with Crippen LogP contribution in [0.25, 0.3) is 0 Å². The lowest BCUT2D eigenvalue weighted by Gasteiger charge is -2.20. The summed E-state index contributed by atoms with van der Waals surface area (Å²) >= 11 is 0. The number of carbonyl (C=O) groups is 2. The smallest absolute Gasteiger partial charge is 0.324 e. The van der Waals surface area contributed by atoms with Crippen LogP contribution in [0.15, 0.2) is 0 Å². The molecule has 4 N–H and O–H groups in total. The normalized spacial score (nSPS) is 47.0. The highest BCUT2D eigenvalue weighted by molar-refractivity contribution is 5.85. The van der Waals surface area contributed by atoms with E-state index in [0.29, 0.717) is 12.8 Å².